The number of nitrogens with one attached hydrogen (secondary N) is 1. The van der Waals surface area contributed by atoms with Crippen molar-refractivity contribution in [3.63, 3.8) is 0 Å². The van der Waals surface area contributed by atoms with E-state index in [0.29, 0.717) is 64.0 Å². The fourth-order valence-corrected chi connectivity index (χ4v) is 6.26. The fourth-order valence-electron chi connectivity index (χ4n) is 6.26. The molecular weight excluding hydrogens is 622 g/mol. The normalized spacial score (nSPS) is 25.0. The molecule has 1 N–H and O–H groups in total. The minimum absolute atomic E-state index is 0.0631. The molecular formula is C31H38F6N4O5. The number of hydrogen-bond acceptors (Lipinski definition) is 8. The van der Waals surface area contributed by atoms with Crippen molar-refractivity contribution in [3.8, 4) is 5.75 Å². The molecule has 3 aliphatic rings. The summed E-state index contributed by atoms with van der Waals surface area (Å²) in [5.41, 5.74) is 0.474. The van der Waals surface area contributed by atoms with Gasteiger partial charge in [0.2, 0.25) is 5.82 Å². The average Bonchev–Trinajstić information content (AvgIpc) is 3.03. The van der Waals surface area contributed by atoms with Crippen LogP contribution >= 0.6 is 0 Å². The summed E-state index contributed by atoms with van der Waals surface area (Å²) in [4.78, 5) is 22.2. The summed E-state index contributed by atoms with van der Waals surface area (Å²) in [7, 11) is 1.64. The lowest BCUT2D eigenvalue weighted by Crippen LogP contribution is -2.54. The number of carbonyl (C=O) groups excluding carboxylic acids is 1. The summed E-state index contributed by atoms with van der Waals surface area (Å²) < 4.78 is 99.8. The molecule has 0 bridgehead atoms. The second kappa shape index (κ2) is 14.8. The molecule has 1 aromatic heterocycles. The van der Waals surface area contributed by atoms with Gasteiger partial charge in [0.25, 0.3) is 5.91 Å². The van der Waals surface area contributed by atoms with Crippen molar-refractivity contribution in [2.75, 3.05) is 33.4 Å². The number of rotatable bonds is 9. The molecule has 0 spiro atoms. The number of aromatic nitrogens is 2. The zero-order chi connectivity index (χ0) is 32.9. The molecule has 1 aromatic carbocycles. The number of benzene rings is 1. The van der Waals surface area contributed by atoms with Crippen LogP contribution in [0.1, 0.15) is 78.6 Å². The summed E-state index contributed by atoms with van der Waals surface area (Å²) in [6.45, 7) is 1.89. The Morgan fingerprint density at radius 3 is 2.43 bits per heavy atom. The monoisotopic (exact) mass is 660 g/mol. The van der Waals surface area contributed by atoms with Gasteiger partial charge in [-0.05, 0) is 75.1 Å². The molecule has 254 valence electrons. The lowest BCUT2D eigenvalue weighted by molar-refractivity contribution is -0.274. The van der Waals surface area contributed by atoms with Crippen LogP contribution in [0.2, 0.25) is 0 Å². The van der Waals surface area contributed by atoms with Crippen molar-refractivity contribution < 1.29 is 50.1 Å². The largest absolute Gasteiger partial charge is 0.573 e. The topological polar surface area (TPSA) is 95.0 Å². The lowest BCUT2D eigenvalue weighted by atomic mass is 9.96. The van der Waals surface area contributed by atoms with Gasteiger partial charge in [0.15, 0.2) is 0 Å². The maximum atomic E-state index is 13.8. The minimum Gasteiger partial charge on any atom is -0.406 e. The maximum absolute atomic E-state index is 13.8. The number of ether oxygens (including phenoxy) is 4. The Morgan fingerprint density at radius 1 is 1.02 bits per heavy atom. The first kappa shape index (κ1) is 34.3. The molecule has 1 amide bonds. The van der Waals surface area contributed by atoms with Crippen molar-refractivity contribution in [1.29, 1.82) is 0 Å². The molecule has 9 nitrogen and oxygen atoms in total. The van der Waals surface area contributed by atoms with Gasteiger partial charge in [-0.25, -0.2) is 9.97 Å². The molecule has 4 heterocycles. The molecule has 15 heteroatoms. The fraction of sp³-hybridized carbons (Fsp3) is 0.645. The van der Waals surface area contributed by atoms with E-state index in [1.54, 1.807) is 7.11 Å². The molecule has 3 fully saturated rings. The van der Waals surface area contributed by atoms with Crippen LogP contribution in [0.25, 0.3) is 0 Å². The molecule has 0 radical (unpaired) electrons. The number of alkyl halides is 6. The Bertz CT molecular complexity index is 1300. The highest BCUT2D eigenvalue weighted by Crippen LogP contribution is 2.35. The van der Waals surface area contributed by atoms with Gasteiger partial charge in [-0.1, -0.05) is 12.1 Å². The second-order valence-corrected chi connectivity index (χ2v) is 11.9. The van der Waals surface area contributed by atoms with Gasteiger partial charge in [-0.3, -0.25) is 4.79 Å². The highest BCUT2D eigenvalue weighted by molar-refractivity contribution is 5.92. The highest BCUT2D eigenvalue weighted by Gasteiger charge is 2.37. The van der Waals surface area contributed by atoms with Crippen LogP contribution in [-0.4, -0.2) is 84.8 Å². The third-order valence-corrected chi connectivity index (χ3v) is 8.65. The number of likely N-dealkylation sites (tertiary alicyclic amines) is 1. The number of piperidine rings is 1. The van der Waals surface area contributed by atoms with Crippen molar-refractivity contribution in [2.45, 2.75) is 94.3 Å². The van der Waals surface area contributed by atoms with Gasteiger partial charge in [-0.15, -0.1) is 13.2 Å². The maximum Gasteiger partial charge on any atom is 0.573 e. The smallest absolute Gasteiger partial charge is 0.406 e. The Hall–Kier alpha value is -3.01. The van der Waals surface area contributed by atoms with Crippen LogP contribution in [0.15, 0.2) is 30.3 Å². The zero-order valence-corrected chi connectivity index (χ0v) is 25.4. The summed E-state index contributed by atoms with van der Waals surface area (Å²) >= 11 is 0. The SMILES string of the molecule is CO[C@H]1COCC[C@H]1NC1CCN(C(=O)c2cc(CC[C@H]3CCC[C@@H](c4ccc(OC(F)(F)F)cc4)O3)nc(C(F)(F)F)n2)CC1. The predicted molar refractivity (Wildman–Crippen MR) is 152 cm³/mol. The third-order valence-electron chi connectivity index (χ3n) is 8.65. The van der Waals surface area contributed by atoms with Crippen molar-refractivity contribution in [1.82, 2.24) is 20.2 Å². The zero-order valence-electron chi connectivity index (χ0n) is 25.4. The van der Waals surface area contributed by atoms with Crippen molar-refractivity contribution in [2.24, 2.45) is 0 Å². The van der Waals surface area contributed by atoms with Crippen LogP contribution in [0, 0.1) is 0 Å². The molecule has 2 aromatic rings. The summed E-state index contributed by atoms with van der Waals surface area (Å²) in [6.07, 6.45) is -5.74. The summed E-state index contributed by atoms with van der Waals surface area (Å²) in [5.74, 6) is -2.27. The van der Waals surface area contributed by atoms with E-state index in [2.05, 4.69) is 20.0 Å². The van der Waals surface area contributed by atoms with Crippen LogP contribution in [-0.2, 0) is 26.8 Å². The van der Waals surface area contributed by atoms with Crippen LogP contribution in [0.3, 0.4) is 0 Å². The van der Waals surface area contributed by atoms with Gasteiger partial charge >= 0.3 is 12.5 Å². The number of aryl methyl sites for hydroxylation is 1. The van der Waals surface area contributed by atoms with Crippen LogP contribution in [0.4, 0.5) is 26.3 Å². The third kappa shape index (κ3) is 9.29. The number of carbonyl (C=O) groups is 1. The first-order chi connectivity index (χ1) is 21.9. The first-order valence-corrected chi connectivity index (χ1v) is 15.5. The number of methoxy groups -OCH3 is 1. The van der Waals surface area contributed by atoms with E-state index in [1.165, 1.54) is 35.2 Å². The Balaban J connectivity index is 1.19. The molecule has 5 rings (SSSR count). The first-order valence-electron chi connectivity index (χ1n) is 15.5. The van der Waals surface area contributed by atoms with Gasteiger partial charge in [0, 0.05) is 44.6 Å². The summed E-state index contributed by atoms with van der Waals surface area (Å²) in [5, 5.41) is 3.59. The van der Waals surface area contributed by atoms with E-state index >= 15 is 0 Å². The predicted octanol–water partition coefficient (Wildman–Crippen LogP) is 5.64. The number of hydrogen-bond donors (Lipinski definition) is 1. The highest BCUT2D eigenvalue weighted by atomic mass is 19.4. The van der Waals surface area contributed by atoms with Gasteiger partial charge in [0.05, 0.1) is 24.9 Å². The van der Waals surface area contributed by atoms with Gasteiger partial charge < -0.3 is 29.2 Å². The van der Waals surface area contributed by atoms with E-state index in [1.807, 2.05) is 0 Å². The van der Waals surface area contributed by atoms with E-state index in [9.17, 15) is 31.1 Å². The molecule has 0 unspecified atom stereocenters. The molecule has 0 saturated carbocycles. The molecule has 0 aliphatic carbocycles. The average molecular weight is 661 g/mol. The van der Waals surface area contributed by atoms with E-state index in [0.717, 1.165) is 12.8 Å². The molecule has 3 aliphatic heterocycles. The number of halogens is 6. The second-order valence-electron chi connectivity index (χ2n) is 11.9. The standard InChI is InChI=1S/C31H38F6N4O5/c1-43-27-18-44-16-13-24(27)38-20-11-14-41(15-12-20)28(42)25-17-21(39-29(40-25)30(32,33)34)7-10-22-3-2-4-26(45-22)19-5-8-23(9-6-19)46-31(35,36)37/h5-6,8-9,17,20,22,24,26-27,38H,2-4,7,10-16,18H2,1H3/t22-,24-,26+,27+/m1/s1. The van der Waals surface area contributed by atoms with E-state index in [4.69, 9.17) is 14.2 Å². The van der Waals surface area contributed by atoms with Crippen LogP contribution < -0.4 is 10.1 Å². The van der Waals surface area contributed by atoms with E-state index < -0.39 is 24.3 Å². The number of amides is 1. The quantitative estimate of drug-likeness (QED) is 0.346. The molecule has 46 heavy (non-hydrogen) atoms. The Morgan fingerprint density at radius 2 is 1.76 bits per heavy atom. The Labute approximate surface area is 262 Å². The van der Waals surface area contributed by atoms with Crippen LogP contribution in [0.5, 0.6) is 5.75 Å². The van der Waals surface area contributed by atoms with Crippen molar-refractivity contribution in [3.05, 3.63) is 53.1 Å². The Kier molecular flexibility index (Phi) is 11.1. The lowest BCUT2D eigenvalue weighted by Gasteiger charge is -2.38. The van der Waals surface area contributed by atoms with Gasteiger partial charge in [-0.2, -0.15) is 13.2 Å². The summed E-state index contributed by atoms with van der Waals surface area (Å²) in [6, 6.07) is 7.05. The molecule has 4 atom stereocenters. The van der Waals surface area contributed by atoms with E-state index in [-0.39, 0.29) is 54.0 Å². The van der Waals surface area contributed by atoms with Crippen molar-refractivity contribution >= 4 is 5.91 Å². The van der Waals surface area contributed by atoms with Gasteiger partial charge in [0.1, 0.15) is 11.4 Å². The molecule has 3 saturated heterocycles. The number of nitrogens with zero attached hydrogens (tertiary/aromatic N) is 3. The minimum atomic E-state index is -4.84.